The molecule has 0 fully saturated rings. The van der Waals surface area contributed by atoms with E-state index >= 15 is 0 Å². The number of anilines is 2. The predicted molar refractivity (Wildman–Crippen MR) is 107 cm³/mol. The molecule has 0 bridgehead atoms. The van der Waals surface area contributed by atoms with Gasteiger partial charge in [0.2, 0.25) is 0 Å². The number of nitrogens with zero attached hydrogens (tertiary/aromatic N) is 1. The molecular formula is C21H26N2O4. The van der Waals surface area contributed by atoms with Crippen molar-refractivity contribution in [3.63, 3.8) is 0 Å². The molecule has 2 N–H and O–H groups in total. The number of aromatic hydroxyl groups is 1. The molecule has 0 radical (unpaired) electrons. The molecular weight excluding hydrogens is 344 g/mol. The van der Waals surface area contributed by atoms with Crippen molar-refractivity contribution in [1.29, 1.82) is 0 Å². The summed E-state index contributed by atoms with van der Waals surface area (Å²) in [5.41, 5.74) is 3.56. The van der Waals surface area contributed by atoms with Gasteiger partial charge in [0.05, 0.1) is 5.56 Å². The number of rotatable bonds is 8. The van der Waals surface area contributed by atoms with Crippen molar-refractivity contribution in [1.82, 2.24) is 0 Å². The Kier molecular flexibility index (Phi) is 7.23. The Bertz CT molecular complexity index is 805. The number of carbonyl (C=O) groups is 2. The third-order valence-corrected chi connectivity index (χ3v) is 4.28. The van der Waals surface area contributed by atoms with Crippen LogP contribution in [0.3, 0.4) is 0 Å². The van der Waals surface area contributed by atoms with E-state index in [1.165, 1.54) is 12.1 Å². The van der Waals surface area contributed by atoms with E-state index in [2.05, 4.69) is 24.1 Å². The van der Waals surface area contributed by atoms with Crippen LogP contribution in [0.5, 0.6) is 5.75 Å². The lowest BCUT2D eigenvalue weighted by Crippen LogP contribution is -2.23. The first-order chi connectivity index (χ1) is 13.0. The smallest absolute Gasteiger partial charge is 0.411 e. The summed E-state index contributed by atoms with van der Waals surface area (Å²) in [6.45, 7) is 8.12. The minimum absolute atomic E-state index is 0.00419. The summed E-state index contributed by atoms with van der Waals surface area (Å²) in [7, 11) is 0. The fourth-order valence-corrected chi connectivity index (χ4v) is 2.80. The topological polar surface area (TPSA) is 78.9 Å². The number of phenols is 1. The van der Waals surface area contributed by atoms with E-state index in [4.69, 9.17) is 4.74 Å². The number of hydrogen-bond acceptors (Lipinski definition) is 5. The molecule has 0 aliphatic carbocycles. The minimum atomic E-state index is -0.578. The second-order valence-corrected chi connectivity index (χ2v) is 6.29. The van der Waals surface area contributed by atoms with Crippen LogP contribution in [0.25, 0.3) is 0 Å². The molecule has 0 heterocycles. The quantitative estimate of drug-likeness (QED) is 0.669. The highest BCUT2D eigenvalue weighted by Gasteiger charge is 2.10. The predicted octanol–water partition coefficient (Wildman–Crippen LogP) is 4.50. The standard InChI is InChI=1S/C21H26N2O4/c1-4-10-23(5-2)18-8-9-19(15(3)11-18)22-21(26)27-14-16-6-7-17(13-24)20(25)12-16/h6-9,11-13,25H,4-5,10,14H2,1-3H3,(H,22,26). The van der Waals surface area contributed by atoms with Crippen molar-refractivity contribution in [2.45, 2.75) is 33.8 Å². The fourth-order valence-electron chi connectivity index (χ4n) is 2.80. The summed E-state index contributed by atoms with van der Waals surface area (Å²) < 4.78 is 5.19. The number of phenolic OH excluding ortho intramolecular Hbond substituents is 1. The van der Waals surface area contributed by atoms with Crippen LogP contribution >= 0.6 is 0 Å². The van der Waals surface area contributed by atoms with E-state index in [9.17, 15) is 14.7 Å². The van der Waals surface area contributed by atoms with Gasteiger partial charge in [-0.3, -0.25) is 10.1 Å². The lowest BCUT2D eigenvalue weighted by Gasteiger charge is -2.23. The van der Waals surface area contributed by atoms with Crippen LogP contribution in [-0.4, -0.2) is 30.6 Å². The lowest BCUT2D eigenvalue weighted by atomic mass is 10.1. The van der Waals surface area contributed by atoms with Gasteiger partial charge < -0.3 is 14.7 Å². The molecule has 0 unspecified atom stereocenters. The van der Waals surface area contributed by atoms with Crippen molar-refractivity contribution < 1.29 is 19.4 Å². The molecule has 0 aliphatic rings. The van der Waals surface area contributed by atoms with E-state index in [-0.39, 0.29) is 17.9 Å². The Morgan fingerprint density at radius 1 is 1.22 bits per heavy atom. The van der Waals surface area contributed by atoms with Crippen LogP contribution in [0.1, 0.15) is 41.8 Å². The molecule has 0 spiro atoms. The maximum atomic E-state index is 12.1. The number of aldehydes is 1. The Balaban J connectivity index is 1.97. The number of hydrogen-bond donors (Lipinski definition) is 2. The molecule has 2 rings (SSSR count). The van der Waals surface area contributed by atoms with Crippen molar-refractivity contribution in [2.24, 2.45) is 0 Å². The fraction of sp³-hybridized carbons (Fsp3) is 0.333. The van der Waals surface area contributed by atoms with Crippen LogP contribution in [0.15, 0.2) is 36.4 Å². The zero-order valence-corrected chi connectivity index (χ0v) is 16.0. The van der Waals surface area contributed by atoms with Gasteiger partial charge in [0, 0.05) is 24.5 Å². The normalized spacial score (nSPS) is 10.3. The number of benzene rings is 2. The van der Waals surface area contributed by atoms with E-state index in [0.717, 1.165) is 30.8 Å². The highest BCUT2D eigenvalue weighted by molar-refractivity contribution is 5.86. The van der Waals surface area contributed by atoms with E-state index in [0.29, 0.717) is 17.5 Å². The molecule has 27 heavy (non-hydrogen) atoms. The zero-order valence-electron chi connectivity index (χ0n) is 16.0. The second-order valence-electron chi connectivity index (χ2n) is 6.29. The summed E-state index contributed by atoms with van der Waals surface area (Å²) in [5.74, 6) is -0.134. The SMILES string of the molecule is CCCN(CC)c1ccc(NC(=O)OCc2ccc(C=O)c(O)c2)c(C)c1. The summed E-state index contributed by atoms with van der Waals surface area (Å²) in [4.78, 5) is 25.0. The molecule has 0 atom stereocenters. The number of ether oxygens (including phenoxy) is 1. The first kappa shape index (κ1) is 20.3. The molecule has 0 aromatic heterocycles. The monoisotopic (exact) mass is 370 g/mol. The Morgan fingerprint density at radius 3 is 2.59 bits per heavy atom. The van der Waals surface area contributed by atoms with E-state index in [1.807, 2.05) is 25.1 Å². The first-order valence-corrected chi connectivity index (χ1v) is 9.04. The van der Waals surface area contributed by atoms with Crippen LogP contribution in [-0.2, 0) is 11.3 Å². The van der Waals surface area contributed by atoms with Gasteiger partial charge in [-0.1, -0.05) is 13.0 Å². The summed E-state index contributed by atoms with van der Waals surface area (Å²) in [5, 5.41) is 12.4. The van der Waals surface area contributed by atoms with Gasteiger partial charge in [0.1, 0.15) is 12.4 Å². The molecule has 6 nitrogen and oxygen atoms in total. The molecule has 2 aromatic carbocycles. The number of aryl methyl sites for hydroxylation is 1. The van der Waals surface area contributed by atoms with Gasteiger partial charge >= 0.3 is 6.09 Å². The average molecular weight is 370 g/mol. The highest BCUT2D eigenvalue weighted by atomic mass is 16.5. The second kappa shape index (κ2) is 9.62. The molecule has 1 amide bonds. The van der Waals surface area contributed by atoms with Crippen LogP contribution in [0, 0.1) is 6.92 Å². The van der Waals surface area contributed by atoms with E-state index in [1.54, 1.807) is 6.07 Å². The van der Waals surface area contributed by atoms with Crippen molar-refractivity contribution in [2.75, 3.05) is 23.3 Å². The van der Waals surface area contributed by atoms with Gasteiger partial charge in [-0.2, -0.15) is 0 Å². The molecule has 6 heteroatoms. The van der Waals surface area contributed by atoms with Crippen LogP contribution < -0.4 is 10.2 Å². The Hall–Kier alpha value is -3.02. The van der Waals surface area contributed by atoms with Gasteiger partial charge in [-0.25, -0.2) is 4.79 Å². The third-order valence-electron chi connectivity index (χ3n) is 4.28. The summed E-state index contributed by atoms with van der Waals surface area (Å²) in [6.07, 6.45) is 1.06. The largest absolute Gasteiger partial charge is 0.507 e. The highest BCUT2D eigenvalue weighted by Crippen LogP contribution is 2.23. The van der Waals surface area contributed by atoms with Gasteiger partial charge in [-0.05, 0) is 61.7 Å². The summed E-state index contributed by atoms with van der Waals surface area (Å²) in [6, 6.07) is 10.4. The third kappa shape index (κ3) is 5.48. The Labute approximate surface area is 159 Å². The van der Waals surface area contributed by atoms with Crippen LogP contribution in [0.2, 0.25) is 0 Å². The molecule has 0 saturated heterocycles. The number of nitrogens with one attached hydrogen (secondary N) is 1. The zero-order chi connectivity index (χ0) is 19.8. The van der Waals surface area contributed by atoms with Gasteiger partial charge in [0.15, 0.2) is 6.29 Å². The Morgan fingerprint density at radius 2 is 2.00 bits per heavy atom. The van der Waals surface area contributed by atoms with Crippen molar-refractivity contribution in [3.05, 3.63) is 53.1 Å². The lowest BCUT2D eigenvalue weighted by molar-refractivity contribution is 0.112. The number of amides is 1. The first-order valence-electron chi connectivity index (χ1n) is 9.04. The minimum Gasteiger partial charge on any atom is -0.507 e. The van der Waals surface area contributed by atoms with Gasteiger partial charge in [-0.15, -0.1) is 0 Å². The van der Waals surface area contributed by atoms with Gasteiger partial charge in [0.25, 0.3) is 0 Å². The average Bonchev–Trinajstić information content (AvgIpc) is 2.66. The molecule has 2 aromatic rings. The molecule has 0 saturated carbocycles. The number of carbonyl (C=O) groups excluding carboxylic acids is 2. The van der Waals surface area contributed by atoms with Crippen molar-refractivity contribution >= 4 is 23.8 Å². The maximum Gasteiger partial charge on any atom is 0.411 e. The summed E-state index contributed by atoms with van der Waals surface area (Å²) >= 11 is 0. The maximum absolute atomic E-state index is 12.1. The molecule has 144 valence electrons. The van der Waals surface area contributed by atoms with E-state index < -0.39 is 6.09 Å². The van der Waals surface area contributed by atoms with Crippen molar-refractivity contribution in [3.8, 4) is 5.75 Å². The molecule has 0 aliphatic heterocycles. The van der Waals surface area contributed by atoms with Crippen LogP contribution in [0.4, 0.5) is 16.2 Å².